The second-order valence-corrected chi connectivity index (χ2v) is 4.40. The van der Waals surface area contributed by atoms with E-state index in [9.17, 15) is 0 Å². The molecule has 66 valence electrons. The van der Waals surface area contributed by atoms with Crippen molar-refractivity contribution in [3.8, 4) is 0 Å². The van der Waals surface area contributed by atoms with E-state index in [0.717, 1.165) is 5.70 Å². The van der Waals surface area contributed by atoms with Crippen LogP contribution in [0.15, 0.2) is 34.9 Å². The topological polar surface area (TPSA) is 24.7 Å². The molecule has 0 N–H and O–H groups in total. The van der Waals surface area contributed by atoms with Gasteiger partial charge in [0.2, 0.25) is 0 Å². The molecule has 0 aromatic carbocycles. The Morgan fingerprint density at radius 3 is 2.58 bits per heavy atom. The zero-order valence-electron chi connectivity index (χ0n) is 7.42. The predicted molar refractivity (Wildman–Crippen MR) is 64.4 cm³/mol. The summed E-state index contributed by atoms with van der Waals surface area (Å²) in [7, 11) is 0. The van der Waals surface area contributed by atoms with Gasteiger partial charge >= 0.3 is 0 Å². The van der Waals surface area contributed by atoms with Crippen LogP contribution in [0.2, 0.25) is 0 Å². The summed E-state index contributed by atoms with van der Waals surface area (Å²) >= 11 is 2.20. The lowest BCUT2D eigenvalue weighted by atomic mass is 10.3. The molecular formula is C9H13IN2. The molecule has 0 heterocycles. The van der Waals surface area contributed by atoms with Gasteiger partial charge in [-0.1, -0.05) is 19.2 Å². The van der Waals surface area contributed by atoms with E-state index in [0.29, 0.717) is 0 Å². The first kappa shape index (κ1) is 11.6. The van der Waals surface area contributed by atoms with E-state index in [4.69, 9.17) is 0 Å². The average molecular weight is 276 g/mol. The van der Waals surface area contributed by atoms with Gasteiger partial charge in [-0.05, 0) is 42.7 Å². The third-order valence-electron chi connectivity index (χ3n) is 1.23. The van der Waals surface area contributed by atoms with Crippen LogP contribution >= 0.6 is 22.6 Å². The van der Waals surface area contributed by atoms with Gasteiger partial charge in [-0.15, -0.1) is 0 Å². The van der Waals surface area contributed by atoms with E-state index in [1.54, 1.807) is 18.5 Å². The zero-order valence-corrected chi connectivity index (χ0v) is 9.58. The third kappa shape index (κ3) is 3.80. The van der Waals surface area contributed by atoms with E-state index in [1.807, 2.05) is 13.8 Å². The van der Waals surface area contributed by atoms with E-state index in [1.165, 1.54) is 0 Å². The van der Waals surface area contributed by atoms with Gasteiger partial charge in [0.25, 0.3) is 0 Å². The Morgan fingerprint density at radius 2 is 2.17 bits per heavy atom. The number of hydrogen-bond donors (Lipinski definition) is 0. The lowest BCUT2D eigenvalue weighted by molar-refractivity contribution is 0.827. The van der Waals surface area contributed by atoms with Gasteiger partial charge in [0.05, 0.1) is 5.70 Å². The molecule has 0 aromatic rings. The third-order valence-corrected chi connectivity index (χ3v) is 2.14. The fourth-order valence-corrected chi connectivity index (χ4v) is 0.995. The highest BCUT2D eigenvalue weighted by molar-refractivity contribution is 14.1. The van der Waals surface area contributed by atoms with Crippen molar-refractivity contribution in [3.05, 3.63) is 24.9 Å². The molecule has 12 heavy (non-hydrogen) atoms. The van der Waals surface area contributed by atoms with E-state index >= 15 is 0 Å². The molecule has 0 amide bonds. The average Bonchev–Trinajstić information content (AvgIpc) is 2.00. The molecule has 0 radical (unpaired) electrons. The van der Waals surface area contributed by atoms with Crippen molar-refractivity contribution in [3.63, 3.8) is 0 Å². The Morgan fingerprint density at radius 1 is 1.58 bits per heavy atom. The molecular weight excluding hydrogens is 263 g/mol. The number of hydrogen-bond acceptors (Lipinski definition) is 2. The smallest absolute Gasteiger partial charge is 0.149 e. The van der Waals surface area contributed by atoms with Crippen LogP contribution in [0.25, 0.3) is 0 Å². The standard InChI is InChI=1S/C9H13IN2/c1-5-7-11-8(3)9(4,10)12-6-2/h5-7H,1,3H2,2,4H3. The largest absolute Gasteiger partial charge is 0.274 e. The highest BCUT2D eigenvalue weighted by Gasteiger charge is 2.20. The van der Waals surface area contributed by atoms with Crippen LogP contribution in [0.5, 0.6) is 0 Å². The molecule has 0 aliphatic heterocycles. The van der Waals surface area contributed by atoms with Crippen molar-refractivity contribution >= 4 is 35.0 Å². The van der Waals surface area contributed by atoms with Gasteiger partial charge in [-0.3, -0.25) is 9.98 Å². The Hall–Kier alpha value is -0.450. The van der Waals surface area contributed by atoms with Crippen LogP contribution in [-0.2, 0) is 0 Å². The molecule has 0 aliphatic rings. The van der Waals surface area contributed by atoms with Crippen molar-refractivity contribution < 1.29 is 0 Å². The highest BCUT2D eigenvalue weighted by Crippen LogP contribution is 2.28. The van der Waals surface area contributed by atoms with Crippen LogP contribution in [0.4, 0.5) is 0 Å². The molecule has 0 aromatic heterocycles. The second kappa shape index (κ2) is 5.24. The Bertz CT molecular complexity index is 227. The van der Waals surface area contributed by atoms with Crippen LogP contribution < -0.4 is 0 Å². The quantitative estimate of drug-likeness (QED) is 0.326. The second-order valence-electron chi connectivity index (χ2n) is 2.30. The summed E-state index contributed by atoms with van der Waals surface area (Å²) in [6.07, 6.45) is 4.99. The van der Waals surface area contributed by atoms with Gasteiger partial charge < -0.3 is 0 Å². The molecule has 1 atom stereocenters. The Kier molecular flexibility index (Phi) is 5.04. The molecule has 2 nitrogen and oxygen atoms in total. The maximum absolute atomic E-state index is 4.22. The summed E-state index contributed by atoms with van der Waals surface area (Å²) in [6, 6.07) is 0. The fourth-order valence-electron chi connectivity index (χ4n) is 0.577. The molecule has 1 unspecified atom stereocenters. The Labute approximate surface area is 87.3 Å². The lowest BCUT2D eigenvalue weighted by Gasteiger charge is -2.16. The summed E-state index contributed by atoms with van der Waals surface area (Å²) in [5.74, 6) is 0. The number of nitrogens with zero attached hydrogens (tertiary/aromatic N) is 2. The van der Waals surface area contributed by atoms with Gasteiger partial charge in [0.15, 0.2) is 0 Å². The first-order valence-electron chi connectivity index (χ1n) is 3.58. The molecule has 0 rings (SSSR count). The van der Waals surface area contributed by atoms with Crippen molar-refractivity contribution in [2.45, 2.75) is 17.4 Å². The predicted octanol–water partition coefficient (Wildman–Crippen LogP) is 3.00. The molecule has 0 aliphatic carbocycles. The first-order chi connectivity index (χ1) is 5.54. The van der Waals surface area contributed by atoms with E-state index in [2.05, 4.69) is 45.7 Å². The van der Waals surface area contributed by atoms with Gasteiger partial charge in [-0.2, -0.15) is 0 Å². The lowest BCUT2D eigenvalue weighted by Crippen LogP contribution is -2.13. The SMILES string of the molecule is C=CC=NC(=C)C(C)(I)N=CC. The minimum atomic E-state index is -0.341. The number of aliphatic imine (C=N–C) groups is 2. The summed E-state index contributed by atoms with van der Waals surface area (Å²) in [5.41, 5.74) is 0.723. The minimum absolute atomic E-state index is 0.341. The highest BCUT2D eigenvalue weighted by atomic mass is 127. The maximum atomic E-state index is 4.22. The number of alkyl halides is 1. The monoisotopic (exact) mass is 276 g/mol. The van der Waals surface area contributed by atoms with Gasteiger partial charge in [-0.25, -0.2) is 0 Å². The fraction of sp³-hybridized carbons (Fsp3) is 0.333. The number of rotatable bonds is 4. The van der Waals surface area contributed by atoms with Crippen LogP contribution in [0.3, 0.4) is 0 Å². The van der Waals surface area contributed by atoms with Crippen LogP contribution in [0.1, 0.15) is 13.8 Å². The minimum Gasteiger partial charge on any atom is -0.274 e. The summed E-state index contributed by atoms with van der Waals surface area (Å²) in [4.78, 5) is 8.30. The first-order valence-corrected chi connectivity index (χ1v) is 4.65. The van der Waals surface area contributed by atoms with Crippen LogP contribution in [0, 0.1) is 0 Å². The molecule has 0 spiro atoms. The van der Waals surface area contributed by atoms with Crippen molar-refractivity contribution in [2.24, 2.45) is 9.98 Å². The van der Waals surface area contributed by atoms with Crippen molar-refractivity contribution in [2.75, 3.05) is 0 Å². The molecule has 3 heteroatoms. The van der Waals surface area contributed by atoms with Gasteiger partial charge in [0, 0.05) is 6.21 Å². The molecule has 0 saturated carbocycles. The summed E-state index contributed by atoms with van der Waals surface area (Å²) < 4.78 is -0.341. The maximum Gasteiger partial charge on any atom is 0.149 e. The van der Waals surface area contributed by atoms with Crippen molar-refractivity contribution in [1.82, 2.24) is 0 Å². The number of allylic oxidation sites excluding steroid dienone is 1. The normalized spacial score (nSPS) is 16.6. The Balaban J connectivity index is 4.45. The van der Waals surface area contributed by atoms with Crippen LogP contribution in [-0.4, -0.2) is 16.0 Å². The molecule has 0 fully saturated rings. The van der Waals surface area contributed by atoms with E-state index in [-0.39, 0.29) is 3.55 Å². The van der Waals surface area contributed by atoms with Gasteiger partial charge in [0.1, 0.15) is 3.55 Å². The summed E-state index contributed by atoms with van der Waals surface area (Å²) in [5, 5.41) is 0. The van der Waals surface area contributed by atoms with E-state index < -0.39 is 0 Å². The van der Waals surface area contributed by atoms with Crippen molar-refractivity contribution in [1.29, 1.82) is 0 Å². The summed E-state index contributed by atoms with van der Waals surface area (Å²) in [6.45, 7) is 11.2. The molecule has 0 bridgehead atoms. The zero-order chi connectivity index (χ0) is 9.61. The number of halogens is 1. The molecule has 0 saturated heterocycles.